The van der Waals surface area contributed by atoms with Crippen LogP contribution < -0.4 is 182 Å². The van der Waals surface area contributed by atoms with Crippen molar-refractivity contribution in [1.82, 2.24) is 19.1 Å². The van der Waals surface area contributed by atoms with Gasteiger partial charge in [-0.05, 0) is 6.07 Å². The van der Waals surface area contributed by atoms with Crippen LogP contribution in [0.25, 0.3) is 0 Å². The molecule has 4 rings (SSSR count). The number of anilines is 1. The van der Waals surface area contributed by atoms with Gasteiger partial charge in [0, 0.05) is 24.9 Å². The summed E-state index contributed by atoms with van der Waals surface area (Å²) in [7, 11) is -25.4. The molecule has 2 aliphatic heterocycles. The Morgan fingerprint density at radius 2 is 1.31 bits per heavy atom. The minimum atomic E-state index is -6.59. The molecule has 0 amide bonds. The summed E-state index contributed by atoms with van der Waals surface area (Å²) in [5, 5.41) is 30.4. The van der Waals surface area contributed by atoms with Gasteiger partial charge in [0.2, 0.25) is 0 Å². The van der Waals surface area contributed by atoms with E-state index in [0.29, 0.717) is 4.57 Å². The molecule has 6 N–H and O–H groups in total. The maximum Gasteiger partial charge on any atom is 1.00 e. The van der Waals surface area contributed by atoms with Crippen molar-refractivity contribution < 1.29 is 225 Å². The van der Waals surface area contributed by atoms with Crippen LogP contribution in [0.15, 0.2) is 38.9 Å². The molecule has 0 bridgehead atoms. The van der Waals surface area contributed by atoms with Gasteiger partial charge in [0.25, 0.3) is 36.9 Å². The molecule has 52 heavy (non-hydrogen) atoms. The van der Waals surface area contributed by atoms with Crippen molar-refractivity contribution >= 4 is 37.1 Å². The molecule has 4 heterocycles. The van der Waals surface area contributed by atoms with Gasteiger partial charge in [0.15, 0.2) is 6.23 Å². The number of nitrogen functional groups attached to an aromatic ring is 1. The van der Waals surface area contributed by atoms with E-state index in [0.717, 1.165) is 16.8 Å². The van der Waals surface area contributed by atoms with Crippen LogP contribution in [-0.2, 0) is 49.7 Å². The van der Waals surface area contributed by atoms with Crippen molar-refractivity contribution in [3.63, 3.8) is 0 Å². The number of aliphatic hydroxyl groups is 3. The third kappa shape index (κ3) is 15.5. The van der Waals surface area contributed by atoms with Crippen molar-refractivity contribution in [2.24, 2.45) is 0 Å². The molecule has 34 heteroatoms. The third-order valence-electron chi connectivity index (χ3n) is 6.22. The van der Waals surface area contributed by atoms with Crippen molar-refractivity contribution in [3.05, 3.63) is 55.8 Å². The van der Waals surface area contributed by atoms with E-state index in [4.69, 9.17) is 15.2 Å². The molecule has 11 atom stereocenters. The Kier molecular flexibility index (Phi) is 23.1. The number of hydrogen-bond donors (Lipinski definition) is 5. The normalized spacial score (nSPS) is 28.6. The Labute approximate surface area is 399 Å². The van der Waals surface area contributed by atoms with Crippen molar-refractivity contribution in [2.45, 2.75) is 49.4 Å². The van der Waals surface area contributed by atoms with E-state index in [9.17, 15) is 67.5 Å². The summed E-state index contributed by atoms with van der Waals surface area (Å²) in [6.07, 6.45) is -9.78. The molecule has 0 spiro atoms. The maximum atomic E-state index is 12.0. The van der Waals surface area contributed by atoms with E-state index in [-0.39, 0.29) is 152 Å². The number of rotatable bonds is 14. The van der Waals surface area contributed by atoms with E-state index >= 15 is 0 Å². The Morgan fingerprint density at radius 3 is 1.83 bits per heavy atom. The number of aromatic amines is 1. The monoisotopic (exact) mass is 877 g/mol. The molecule has 26 nitrogen and oxygen atoms in total. The van der Waals surface area contributed by atoms with Crippen molar-refractivity contribution in [1.29, 1.82) is 0 Å². The standard InChI is InChI=1S/C18H27N5O21P4.K.3Na/c19-11-1-3-22(17(28)20-11)13-5-8(24)9(40-13)6-38-45(30,31)42-47(34,35)44-48(36,37)43-46(32,33)39-7-10-14(26)15(27)16(41-10)23-4-2-12(25)21-18(23)29;;;;/h1-4,8-10,13-16,24,26-27H,5-7H2,(H,30,31)(H,32,33)(H,34,35)(H,36,37)(H2,19,20,28)(H,21,25,29);;;;/q;4*+1/p-4/t8-,9-,10-,13-,14-,15-,16-;;;;/m1..../s1. The van der Waals surface area contributed by atoms with E-state index < -0.39 is 104 Å². The zero-order chi connectivity index (χ0) is 35.8. The van der Waals surface area contributed by atoms with Gasteiger partial charge in [0.1, 0.15) is 36.5 Å². The van der Waals surface area contributed by atoms with Crippen molar-refractivity contribution in [3.8, 4) is 0 Å². The zero-order valence-corrected chi connectivity index (χ0v) is 40.1. The van der Waals surface area contributed by atoms with Gasteiger partial charge < -0.3 is 59.1 Å². The average molecular weight is 877 g/mol. The minimum Gasteiger partial charge on any atom is -0.756 e. The molecule has 0 aliphatic carbocycles. The Morgan fingerprint density at radius 1 is 0.808 bits per heavy atom. The van der Waals surface area contributed by atoms with Crippen LogP contribution in [0.4, 0.5) is 5.82 Å². The summed E-state index contributed by atoms with van der Waals surface area (Å²) >= 11 is 0. The van der Waals surface area contributed by atoms with Gasteiger partial charge in [-0.2, -0.15) is 4.98 Å². The molecular formula is C18H23KN5Na3O21P4. The second-order valence-electron chi connectivity index (χ2n) is 9.66. The molecule has 4 unspecified atom stereocenters. The Hall–Kier alpha value is 2.36. The van der Waals surface area contributed by atoms with E-state index in [2.05, 4.69) is 27.0 Å². The topological polar surface area (TPSA) is 402 Å². The second kappa shape index (κ2) is 22.1. The molecule has 2 fully saturated rings. The number of phosphoric ester groups is 2. The fourth-order valence-electron chi connectivity index (χ4n) is 4.18. The number of H-pyrrole nitrogens is 1. The first-order valence-electron chi connectivity index (χ1n) is 12.8. The van der Waals surface area contributed by atoms with Crippen LogP contribution >= 0.6 is 31.3 Å². The number of phosphoric acid groups is 4. The number of aliphatic hydroxyl groups excluding tert-OH is 3. The molecule has 2 aliphatic rings. The number of nitrogens with two attached hydrogens (primary N) is 1. The van der Waals surface area contributed by atoms with E-state index in [1.165, 1.54) is 12.3 Å². The van der Waals surface area contributed by atoms with Crippen LogP contribution in [0.3, 0.4) is 0 Å². The quantitative estimate of drug-likeness (QED) is 0.0869. The van der Waals surface area contributed by atoms with Crippen molar-refractivity contribution in [2.75, 3.05) is 18.9 Å². The SMILES string of the molecule is Nc1ccn([C@H]2C[C@@H](O)[C@@H](COP(=O)([O-])OP(=O)([O-])OP(=O)([O-])OP(=O)([O-])OC[C@H]3O[C@@H](n4ccc(=O)[nH]c4=O)[C@H](O)[C@@H]3O)O2)c(=O)n1.[K+].[Na+].[Na+].[Na+]. The molecule has 2 saturated heterocycles. The summed E-state index contributed by atoms with van der Waals surface area (Å²) in [5.74, 6) is -0.125. The van der Waals surface area contributed by atoms with Gasteiger partial charge in [-0.25, -0.2) is 22.5 Å². The molecule has 0 saturated carbocycles. The Balaban J connectivity index is 0.00000650. The van der Waals surface area contributed by atoms with Crippen LogP contribution in [0.5, 0.6) is 0 Å². The third-order valence-corrected chi connectivity index (χ3v) is 12.0. The average Bonchev–Trinajstić information content (AvgIpc) is 3.42. The van der Waals surface area contributed by atoms with Crippen LogP contribution in [0.1, 0.15) is 18.9 Å². The fraction of sp³-hybridized carbons (Fsp3) is 0.556. The molecular weight excluding hydrogens is 854 g/mol. The first-order valence-corrected chi connectivity index (χ1v) is 18.6. The van der Waals surface area contributed by atoms with Crippen LogP contribution in [0, 0.1) is 0 Å². The predicted octanol–water partition coefficient (Wildman–Crippen LogP) is -17.4. The zero-order valence-electron chi connectivity index (χ0n) is 27.4. The second-order valence-corrected chi connectivity index (χ2v) is 15.7. The minimum absolute atomic E-state index is 0. The Bertz CT molecular complexity index is 1890. The first-order chi connectivity index (χ1) is 22.1. The van der Waals surface area contributed by atoms with E-state index in [1.807, 2.05) is 4.98 Å². The van der Waals surface area contributed by atoms with Gasteiger partial charge in [-0.3, -0.25) is 37.2 Å². The predicted molar refractivity (Wildman–Crippen MR) is 140 cm³/mol. The largest absolute Gasteiger partial charge is 1.00 e. The van der Waals surface area contributed by atoms with E-state index in [1.54, 1.807) is 0 Å². The molecule has 270 valence electrons. The summed E-state index contributed by atoms with van der Waals surface area (Å²) in [6.45, 7) is -2.44. The molecule has 2 aromatic heterocycles. The first kappa shape index (κ1) is 54.4. The number of ether oxygens (including phenoxy) is 2. The molecule has 0 radical (unpaired) electrons. The van der Waals surface area contributed by atoms with Gasteiger partial charge >= 0.3 is 151 Å². The van der Waals surface area contributed by atoms with Crippen LogP contribution in [-0.4, -0.2) is 78.2 Å². The summed E-state index contributed by atoms with van der Waals surface area (Å²) in [6, 6.07) is 2.07. The molecule has 0 aromatic carbocycles. The number of hydrogen-bond acceptors (Lipinski definition) is 23. The maximum absolute atomic E-state index is 12.0. The number of nitrogens with zero attached hydrogens (tertiary/aromatic N) is 3. The summed E-state index contributed by atoms with van der Waals surface area (Å²) < 4.78 is 79.0. The smallest absolute Gasteiger partial charge is 0.756 e. The summed E-state index contributed by atoms with van der Waals surface area (Å²) in [4.78, 5) is 88.4. The van der Waals surface area contributed by atoms with Gasteiger partial charge in [-0.1, -0.05) is 0 Å². The summed E-state index contributed by atoms with van der Waals surface area (Å²) in [5.41, 5.74) is 2.58. The van der Waals surface area contributed by atoms with Crippen LogP contribution in [0.2, 0.25) is 0 Å². The van der Waals surface area contributed by atoms with Gasteiger partial charge in [-0.15, -0.1) is 0 Å². The molecule has 2 aromatic rings. The number of nitrogens with one attached hydrogen (secondary N) is 1. The van der Waals surface area contributed by atoms with Gasteiger partial charge in [0.05, 0.1) is 19.3 Å². The number of aromatic nitrogens is 4. The fourth-order valence-corrected chi connectivity index (χ4v) is 8.93.